The second-order valence-corrected chi connectivity index (χ2v) is 7.83. The summed E-state index contributed by atoms with van der Waals surface area (Å²) in [6.07, 6.45) is -2.29. The van der Waals surface area contributed by atoms with Crippen molar-refractivity contribution in [1.29, 1.82) is 0 Å². The fraction of sp³-hybridized carbons (Fsp3) is 0.632. The molecule has 7 nitrogen and oxygen atoms in total. The van der Waals surface area contributed by atoms with Gasteiger partial charge in [0.2, 0.25) is 5.91 Å². The molecule has 0 radical (unpaired) electrons. The second-order valence-electron chi connectivity index (χ2n) is 7.42. The van der Waals surface area contributed by atoms with E-state index >= 15 is 0 Å². The number of aromatic nitrogens is 1. The first kappa shape index (κ1) is 22.5. The van der Waals surface area contributed by atoms with Crippen LogP contribution >= 0.6 is 11.6 Å². The Kier molecular flexibility index (Phi) is 6.95. The van der Waals surface area contributed by atoms with Crippen LogP contribution < -0.4 is 4.90 Å². The van der Waals surface area contributed by atoms with Crippen molar-refractivity contribution in [3.8, 4) is 0 Å². The van der Waals surface area contributed by atoms with E-state index in [2.05, 4.69) is 4.98 Å². The van der Waals surface area contributed by atoms with Crippen LogP contribution in [0.2, 0.25) is 5.02 Å². The highest BCUT2D eigenvalue weighted by Crippen LogP contribution is 2.34. The number of amides is 2. The third-order valence-electron chi connectivity index (χ3n) is 5.53. The van der Waals surface area contributed by atoms with Crippen molar-refractivity contribution < 1.29 is 27.5 Å². The highest BCUT2D eigenvalue weighted by atomic mass is 35.5. The summed E-state index contributed by atoms with van der Waals surface area (Å²) in [4.78, 5) is 33.7. The minimum absolute atomic E-state index is 0.0489. The summed E-state index contributed by atoms with van der Waals surface area (Å²) in [7, 11) is 1.34. The van der Waals surface area contributed by atoms with Gasteiger partial charge in [-0.05, 0) is 25.3 Å². The molecular formula is C19H24ClF3N4O3. The molecule has 2 aliphatic heterocycles. The lowest BCUT2D eigenvalue weighted by atomic mass is 9.95. The molecule has 1 aromatic heterocycles. The van der Waals surface area contributed by atoms with Gasteiger partial charge in [-0.3, -0.25) is 4.79 Å². The Bertz CT molecular complexity index is 785. The summed E-state index contributed by atoms with van der Waals surface area (Å²) in [6.45, 7) is 2.99. The van der Waals surface area contributed by atoms with Gasteiger partial charge in [0.05, 0.1) is 17.7 Å². The van der Waals surface area contributed by atoms with E-state index < -0.39 is 17.8 Å². The van der Waals surface area contributed by atoms with Crippen LogP contribution in [0.3, 0.4) is 0 Å². The van der Waals surface area contributed by atoms with Crippen LogP contribution in [0.5, 0.6) is 0 Å². The molecule has 0 aliphatic carbocycles. The van der Waals surface area contributed by atoms with Gasteiger partial charge in [0.1, 0.15) is 5.82 Å². The summed E-state index contributed by atoms with van der Waals surface area (Å²) < 4.78 is 43.1. The molecule has 2 amide bonds. The van der Waals surface area contributed by atoms with Crippen LogP contribution in [-0.4, -0.2) is 73.2 Å². The SMILES string of the molecule is COC(=O)N1CCCN(C(=O)C2CCN(c3ncc(C(F)(F)F)cc3Cl)CC2)CC1. The Morgan fingerprint density at radius 3 is 2.33 bits per heavy atom. The first-order valence-electron chi connectivity index (χ1n) is 9.80. The number of halogens is 4. The van der Waals surface area contributed by atoms with Gasteiger partial charge in [-0.25, -0.2) is 9.78 Å². The van der Waals surface area contributed by atoms with Crippen molar-refractivity contribution in [2.24, 2.45) is 5.92 Å². The highest BCUT2D eigenvalue weighted by Gasteiger charge is 2.34. The van der Waals surface area contributed by atoms with Crippen LogP contribution in [0.4, 0.5) is 23.8 Å². The molecule has 11 heteroatoms. The molecule has 0 N–H and O–H groups in total. The van der Waals surface area contributed by atoms with Gasteiger partial charge in [0.15, 0.2) is 0 Å². The Labute approximate surface area is 177 Å². The normalized spacial score (nSPS) is 18.9. The number of rotatable bonds is 2. The minimum Gasteiger partial charge on any atom is -0.453 e. The molecule has 0 bridgehead atoms. The molecule has 3 rings (SSSR count). The lowest BCUT2D eigenvalue weighted by Crippen LogP contribution is -2.44. The molecule has 166 valence electrons. The van der Waals surface area contributed by atoms with Crippen molar-refractivity contribution in [3.05, 3.63) is 22.8 Å². The fourth-order valence-electron chi connectivity index (χ4n) is 3.86. The third-order valence-corrected chi connectivity index (χ3v) is 5.81. The number of ether oxygens (including phenoxy) is 1. The summed E-state index contributed by atoms with van der Waals surface area (Å²) in [5, 5.41) is -0.0509. The molecule has 2 fully saturated rings. The van der Waals surface area contributed by atoms with Crippen molar-refractivity contribution in [3.63, 3.8) is 0 Å². The molecule has 2 aliphatic rings. The number of anilines is 1. The maximum Gasteiger partial charge on any atom is 0.417 e. The number of nitrogens with zero attached hydrogens (tertiary/aromatic N) is 4. The predicted molar refractivity (Wildman–Crippen MR) is 104 cm³/mol. The zero-order valence-corrected chi connectivity index (χ0v) is 17.4. The van der Waals surface area contributed by atoms with Crippen LogP contribution in [0.1, 0.15) is 24.8 Å². The number of hydrogen-bond donors (Lipinski definition) is 0. The van der Waals surface area contributed by atoms with Crippen molar-refractivity contribution >= 4 is 29.4 Å². The predicted octanol–water partition coefficient (Wildman–Crippen LogP) is 3.27. The van der Waals surface area contributed by atoms with Crippen LogP contribution in [0, 0.1) is 5.92 Å². The van der Waals surface area contributed by atoms with E-state index in [9.17, 15) is 22.8 Å². The summed E-state index contributed by atoms with van der Waals surface area (Å²) in [5.74, 6) is 0.186. The Balaban J connectivity index is 1.56. The number of piperidine rings is 1. The molecule has 0 atom stereocenters. The van der Waals surface area contributed by atoms with Gasteiger partial charge >= 0.3 is 12.3 Å². The number of carbonyl (C=O) groups excluding carboxylic acids is 2. The minimum atomic E-state index is -4.49. The molecule has 0 unspecified atom stereocenters. The maximum atomic E-state index is 12.9. The van der Waals surface area contributed by atoms with Gasteiger partial charge in [-0.2, -0.15) is 13.2 Å². The Morgan fingerprint density at radius 2 is 1.73 bits per heavy atom. The average molecular weight is 449 g/mol. The Morgan fingerprint density at radius 1 is 1.10 bits per heavy atom. The van der Waals surface area contributed by atoms with Crippen LogP contribution in [0.25, 0.3) is 0 Å². The molecule has 0 saturated carbocycles. The van der Waals surface area contributed by atoms with E-state index in [1.54, 1.807) is 9.80 Å². The largest absolute Gasteiger partial charge is 0.453 e. The van der Waals surface area contributed by atoms with Crippen LogP contribution in [0.15, 0.2) is 12.3 Å². The van der Waals surface area contributed by atoms with Crippen molar-refractivity contribution in [1.82, 2.24) is 14.8 Å². The fourth-order valence-corrected chi connectivity index (χ4v) is 4.15. The lowest BCUT2D eigenvalue weighted by Gasteiger charge is -2.35. The monoisotopic (exact) mass is 448 g/mol. The molecular weight excluding hydrogens is 425 g/mol. The van der Waals surface area contributed by atoms with Crippen molar-refractivity contribution in [2.45, 2.75) is 25.4 Å². The maximum absolute atomic E-state index is 12.9. The summed E-state index contributed by atoms with van der Waals surface area (Å²) >= 11 is 6.04. The number of pyridine rings is 1. The van der Waals surface area contributed by atoms with E-state index in [0.29, 0.717) is 64.3 Å². The van der Waals surface area contributed by atoms with E-state index in [1.807, 2.05) is 4.90 Å². The smallest absolute Gasteiger partial charge is 0.417 e. The van der Waals surface area contributed by atoms with Gasteiger partial charge in [0, 0.05) is 51.4 Å². The van der Waals surface area contributed by atoms with E-state index in [1.165, 1.54) is 7.11 Å². The van der Waals surface area contributed by atoms with Gasteiger partial charge in [0.25, 0.3) is 0 Å². The van der Waals surface area contributed by atoms with Crippen LogP contribution in [-0.2, 0) is 15.7 Å². The number of alkyl halides is 3. The Hall–Kier alpha value is -2.23. The van der Waals surface area contributed by atoms with Gasteiger partial charge in [-0.15, -0.1) is 0 Å². The second kappa shape index (κ2) is 9.28. The topological polar surface area (TPSA) is 66.0 Å². The molecule has 1 aromatic rings. The quantitative estimate of drug-likeness (QED) is 0.694. The average Bonchev–Trinajstić information content (AvgIpc) is 2.98. The lowest BCUT2D eigenvalue weighted by molar-refractivity contribution is -0.138. The van der Waals surface area contributed by atoms with Gasteiger partial charge in [-0.1, -0.05) is 11.6 Å². The third kappa shape index (κ3) is 5.08. The zero-order chi connectivity index (χ0) is 21.9. The van der Waals surface area contributed by atoms with Gasteiger partial charge < -0.3 is 19.4 Å². The molecule has 2 saturated heterocycles. The number of carbonyl (C=O) groups is 2. The van der Waals surface area contributed by atoms with E-state index in [0.717, 1.165) is 12.3 Å². The molecule has 0 aromatic carbocycles. The summed E-state index contributed by atoms with van der Waals surface area (Å²) in [5.41, 5.74) is -0.886. The van der Waals surface area contributed by atoms with E-state index in [-0.39, 0.29) is 16.8 Å². The summed E-state index contributed by atoms with van der Waals surface area (Å²) in [6, 6.07) is 0.880. The number of hydrogen-bond acceptors (Lipinski definition) is 5. The number of methoxy groups -OCH3 is 1. The first-order valence-corrected chi connectivity index (χ1v) is 10.2. The molecule has 30 heavy (non-hydrogen) atoms. The standard InChI is InChI=1S/C19H24ClF3N4O3/c1-30-18(29)27-6-2-5-26(9-10-27)17(28)13-3-7-25(8-4-13)16-15(20)11-14(12-24-16)19(21,22)23/h11-13H,2-10H2,1H3. The first-order chi connectivity index (χ1) is 14.2. The van der Waals surface area contributed by atoms with E-state index in [4.69, 9.17) is 16.3 Å². The molecule has 0 spiro atoms. The highest BCUT2D eigenvalue weighted by molar-refractivity contribution is 6.33. The molecule has 3 heterocycles. The van der Waals surface area contributed by atoms with Crippen molar-refractivity contribution in [2.75, 3.05) is 51.3 Å². The zero-order valence-electron chi connectivity index (χ0n) is 16.6.